The molecule has 3 N–H and O–H groups in total. The Kier molecular flexibility index (Phi) is 6.44. The van der Waals surface area contributed by atoms with Gasteiger partial charge >= 0.3 is 12.0 Å². The minimum absolute atomic E-state index is 0.137. The summed E-state index contributed by atoms with van der Waals surface area (Å²) in [5.74, 6) is -0.520. The van der Waals surface area contributed by atoms with Crippen LogP contribution in [0.25, 0.3) is 0 Å². The summed E-state index contributed by atoms with van der Waals surface area (Å²) in [6.45, 7) is 2.66. The van der Waals surface area contributed by atoms with Crippen LogP contribution in [0.5, 0.6) is 0 Å². The van der Waals surface area contributed by atoms with Gasteiger partial charge in [-0.25, -0.2) is 18.0 Å². The number of sulfone groups is 1. The Labute approximate surface area is 125 Å². The number of nitrogens with one attached hydrogen (secondary N) is 2. The zero-order chi connectivity index (χ0) is 16.0. The maximum atomic E-state index is 11.7. The molecule has 0 radical (unpaired) electrons. The van der Waals surface area contributed by atoms with E-state index in [2.05, 4.69) is 17.6 Å². The van der Waals surface area contributed by atoms with Gasteiger partial charge in [0.15, 0.2) is 0 Å². The molecule has 1 aliphatic carbocycles. The number of amides is 2. The third-order valence-corrected chi connectivity index (χ3v) is 4.92. The van der Waals surface area contributed by atoms with Gasteiger partial charge in [-0.3, -0.25) is 0 Å². The third-order valence-electron chi connectivity index (χ3n) is 3.94. The van der Waals surface area contributed by atoms with Crippen LogP contribution in [0.15, 0.2) is 0 Å². The van der Waals surface area contributed by atoms with Crippen molar-refractivity contribution in [2.45, 2.75) is 38.6 Å². The van der Waals surface area contributed by atoms with Crippen LogP contribution >= 0.6 is 0 Å². The van der Waals surface area contributed by atoms with Crippen LogP contribution < -0.4 is 10.6 Å². The van der Waals surface area contributed by atoms with Gasteiger partial charge in [0.1, 0.15) is 15.9 Å². The molecule has 3 unspecified atom stereocenters. The lowest BCUT2D eigenvalue weighted by molar-refractivity contribution is -0.139. The summed E-state index contributed by atoms with van der Waals surface area (Å²) in [7, 11) is -3.26. The Morgan fingerprint density at radius 3 is 2.48 bits per heavy atom. The van der Waals surface area contributed by atoms with Crippen LogP contribution in [0.3, 0.4) is 0 Å². The molecule has 1 aliphatic rings. The van der Waals surface area contributed by atoms with Crippen molar-refractivity contribution >= 4 is 21.8 Å². The summed E-state index contributed by atoms with van der Waals surface area (Å²) in [5.41, 5.74) is 0. The van der Waals surface area contributed by atoms with E-state index in [-0.39, 0.29) is 12.2 Å². The standard InChI is InChI=1S/C13H24N2O5S/c1-9-4-3-5-10(9)8-14-13(18)15-11(12(16)17)6-7-21(2,19)20/h9-11H,3-8H2,1-2H3,(H,16,17)(H2,14,15,18). The maximum absolute atomic E-state index is 11.7. The van der Waals surface area contributed by atoms with Crippen molar-refractivity contribution in [3.05, 3.63) is 0 Å². The average Bonchev–Trinajstić information content (AvgIpc) is 2.76. The van der Waals surface area contributed by atoms with Crippen molar-refractivity contribution in [2.24, 2.45) is 11.8 Å². The van der Waals surface area contributed by atoms with Gasteiger partial charge in [-0.15, -0.1) is 0 Å². The van der Waals surface area contributed by atoms with E-state index in [1.165, 1.54) is 0 Å². The van der Waals surface area contributed by atoms with Crippen LogP contribution in [0.4, 0.5) is 4.79 Å². The molecule has 0 aliphatic heterocycles. The zero-order valence-corrected chi connectivity index (χ0v) is 13.3. The first-order valence-corrected chi connectivity index (χ1v) is 9.20. The zero-order valence-electron chi connectivity index (χ0n) is 12.5. The number of hydrogen-bond donors (Lipinski definition) is 3. The minimum atomic E-state index is -3.26. The molecule has 122 valence electrons. The highest BCUT2D eigenvalue weighted by Gasteiger charge is 2.25. The molecular weight excluding hydrogens is 296 g/mol. The molecule has 7 nitrogen and oxygen atoms in total. The molecule has 0 aromatic carbocycles. The average molecular weight is 320 g/mol. The van der Waals surface area contributed by atoms with Crippen LogP contribution in [0, 0.1) is 11.8 Å². The summed E-state index contributed by atoms with van der Waals surface area (Å²) in [6.07, 6.45) is 4.27. The number of urea groups is 1. The lowest BCUT2D eigenvalue weighted by Gasteiger charge is -2.18. The fourth-order valence-corrected chi connectivity index (χ4v) is 3.21. The topological polar surface area (TPSA) is 113 Å². The highest BCUT2D eigenvalue weighted by Crippen LogP contribution is 2.30. The van der Waals surface area contributed by atoms with Gasteiger partial charge in [-0.2, -0.15) is 0 Å². The largest absolute Gasteiger partial charge is 0.480 e. The summed E-state index contributed by atoms with van der Waals surface area (Å²) in [5, 5.41) is 14.0. The number of carbonyl (C=O) groups excluding carboxylic acids is 1. The smallest absolute Gasteiger partial charge is 0.326 e. The molecule has 0 spiro atoms. The molecule has 0 heterocycles. The second-order valence-corrected chi connectivity index (χ2v) is 8.09. The molecule has 1 fully saturated rings. The maximum Gasteiger partial charge on any atom is 0.326 e. The summed E-state index contributed by atoms with van der Waals surface area (Å²) in [6, 6.07) is -1.75. The fraction of sp³-hybridized carbons (Fsp3) is 0.846. The Morgan fingerprint density at radius 1 is 1.33 bits per heavy atom. The second kappa shape index (κ2) is 7.63. The molecule has 0 saturated heterocycles. The predicted molar refractivity (Wildman–Crippen MR) is 78.8 cm³/mol. The highest BCUT2D eigenvalue weighted by molar-refractivity contribution is 7.90. The molecule has 0 bridgehead atoms. The fourth-order valence-electron chi connectivity index (χ4n) is 2.55. The van der Waals surface area contributed by atoms with Crippen molar-refractivity contribution in [1.82, 2.24) is 10.6 Å². The first-order valence-electron chi connectivity index (χ1n) is 7.14. The number of hydrogen-bond acceptors (Lipinski definition) is 4. The van der Waals surface area contributed by atoms with Gasteiger partial charge in [0.2, 0.25) is 0 Å². The summed E-state index contributed by atoms with van der Waals surface area (Å²) >= 11 is 0. The first kappa shape index (κ1) is 17.7. The first-order chi connectivity index (χ1) is 9.69. The van der Waals surface area contributed by atoms with Crippen LogP contribution in [-0.2, 0) is 14.6 Å². The molecule has 1 rings (SSSR count). The van der Waals surface area contributed by atoms with Gasteiger partial charge in [0.05, 0.1) is 5.75 Å². The number of carboxylic acid groups (broad SMARTS) is 1. The lowest BCUT2D eigenvalue weighted by Crippen LogP contribution is -2.47. The number of aliphatic carboxylic acids is 1. The molecule has 8 heteroatoms. The van der Waals surface area contributed by atoms with Crippen LogP contribution in [0.1, 0.15) is 32.6 Å². The lowest BCUT2D eigenvalue weighted by atomic mass is 9.98. The highest BCUT2D eigenvalue weighted by atomic mass is 32.2. The second-order valence-electron chi connectivity index (χ2n) is 5.83. The van der Waals surface area contributed by atoms with Gasteiger partial charge < -0.3 is 15.7 Å². The van der Waals surface area contributed by atoms with E-state index in [4.69, 9.17) is 5.11 Å². The van der Waals surface area contributed by atoms with Crippen molar-refractivity contribution in [3.63, 3.8) is 0 Å². The SMILES string of the molecule is CC1CCCC1CNC(=O)NC(CCS(C)(=O)=O)C(=O)O. The Morgan fingerprint density at radius 2 is 2.00 bits per heavy atom. The molecular formula is C13H24N2O5S. The Balaban J connectivity index is 2.39. The van der Waals surface area contributed by atoms with E-state index < -0.39 is 27.9 Å². The van der Waals surface area contributed by atoms with Crippen LogP contribution in [0.2, 0.25) is 0 Å². The Hall–Kier alpha value is -1.31. The Bertz CT molecular complexity index is 477. The van der Waals surface area contributed by atoms with E-state index in [1.54, 1.807) is 0 Å². The van der Waals surface area contributed by atoms with Gasteiger partial charge in [-0.1, -0.05) is 19.8 Å². The minimum Gasteiger partial charge on any atom is -0.480 e. The van der Waals surface area contributed by atoms with Gasteiger partial charge in [0, 0.05) is 12.8 Å². The van der Waals surface area contributed by atoms with Gasteiger partial charge in [-0.05, 0) is 24.7 Å². The van der Waals surface area contributed by atoms with E-state index in [0.29, 0.717) is 18.4 Å². The van der Waals surface area contributed by atoms with Crippen molar-refractivity contribution in [3.8, 4) is 0 Å². The summed E-state index contributed by atoms with van der Waals surface area (Å²) < 4.78 is 22.1. The molecule has 0 aromatic rings. The van der Waals surface area contributed by atoms with Crippen LogP contribution in [-0.4, -0.2) is 50.1 Å². The normalized spacial score (nSPS) is 23.5. The van der Waals surface area contributed by atoms with E-state index in [0.717, 1.165) is 25.5 Å². The summed E-state index contributed by atoms with van der Waals surface area (Å²) in [4.78, 5) is 22.7. The van der Waals surface area contributed by atoms with Crippen molar-refractivity contribution in [1.29, 1.82) is 0 Å². The van der Waals surface area contributed by atoms with Gasteiger partial charge in [0.25, 0.3) is 0 Å². The molecule has 3 atom stereocenters. The molecule has 0 aromatic heterocycles. The predicted octanol–water partition coefficient (Wildman–Crippen LogP) is 0.610. The van der Waals surface area contributed by atoms with E-state index in [1.807, 2.05) is 0 Å². The number of carbonyl (C=O) groups is 2. The quantitative estimate of drug-likeness (QED) is 0.636. The van der Waals surface area contributed by atoms with E-state index in [9.17, 15) is 18.0 Å². The number of rotatable bonds is 7. The van der Waals surface area contributed by atoms with Crippen molar-refractivity contribution < 1.29 is 23.1 Å². The monoisotopic (exact) mass is 320 g/mol. The molecule has 1 saturated carbocycles. The number of carboxylic acids is 1. The molecule has 2 amide bonds. The van der Waals surface area contributed by atoms with E-state index >= 15 is 0 Å². The molecule has 21 heavy (non-hydrogen) atoms. The third kappa shape index (κ3) is 6.79. The van der Waals surface area contributed by atoms with Crippen molar-refractivity contribution in [2.75, 3.05) is 18.6 Å².